The third-order valence-electron chi connectivity index (χ3n) is 3.15. The first-order chi connectivity index (χ1) is 10.2. The minimum Gasteiger partial charge on any atom is -0.369 e. The van der Waals surface area contributed by atoms with Crippen LogP contribution in [0.1, 0.15) is 11.1 Å². The Bertz CT molecular complexity index is 943. The molecule has 0 saturated heterocycles. The molecule has 0 spiro atoms. The summed E-state index contributed by atoms with van der Waals surface area (Å²) in [6.07, 6.45) is 0. The summed E-state index contributed by atoms with van der Waals surface area (Å²) in [5.74, 6) is 0.242. The van der Waals surface area contributed by atoms with Gasteiger partial charge in [0.2, 0.25) is 5.95 Å². The van der Waals surface area contributed by atoms with Crippen molar-refractivity contribution in [3.05, 3.63) is 52.0 Å². The van der Waals surface area contributed by atoms with Crippen molar-refractivity contribution in [3.63, 3.8) is 0 Å². The van der Waals surface area contributed by atoms with Gasteiger partial charge >= 0.3 is 0 Å². The van der Waals surface area contributed by atoms with E-state index in [4.69, 9.17) is 11.0 Å². The monoisotopic (exact) mass is 337 g/mol. The fourth-order valence-electron chi connectivity index (χ4n) is 2.25. The molecule has 0 unspecified atom stereocenters. The molecule has 0 radical (unpaired) electrons. The summed E-state index contributed by atoms with van der Waals surface area (Å²) >= 11 is 3.34. The van der Waals surface area contributed by atoms with Crippen LogP contribution in [0.4, 0.5) is 5.95 Å². The van der Waals surface area contributed by atoms with Crippen molar-refractivity contribution in [2.24, 2.45) is 0 Å². The second-order valence-electron chi connectivity index (χ2n) is 4.36. The van der Waals surface area contributed by atoms with Crippen LogP contribution in [0.3, 0.4) is 0 Å². The van der Waals surface area contributed by atoms with Gasteiger partial charge in [0.25, 0.3) is 0 Å². The maximum absolute atomic E-state index is 9.31. The van der Waals surface area contributed by atoms with Crippen molar-refractivity contribution in [1.82, 2.24) is 9.55 Å². The highest BCUT2D eigenvalue weighted by Gasteiger charge is 2.15. The first-order valence-corrected chi connectivity index (χ1v) is 6.82. The highest BCUT2D eigenvalue weighted by molar-refractivity contribution is 9.10. The Balaban J connectivity index is 2.40. The molecule has 0 aliphatic rings. The zero-order valence-electron chi connectivity index (χ0n) is 10.7. The predicted molar refractivity (Wildman–Crippen MR) is 82.6 cm³/mol. The van der Waals surface area contributed by atoms with Crippen LogP contribution in [0.15, 0.2) is 40.9 Å². The molecule has 100 valence electrons. The minimum absolute atomic E-state index is 0.242. The van der Waals surface area contributed by atoms with Gasteiger partial charge in [-0.3, -0.25) is 4.57 Å². The van der Waals surface area contributed by atoms with E-state index in [1.807, 2.05) is 12.1 Å². The number of para-hydroxylation sites is 1. The molecule has 1 heterocycles. The highest BCUT2D eigenvalue weighted by atomic mass is 79.9. The highest BCUT2D eigenvalue weighted by Crippen LogP contribution is 2.28. The zero-order valence-corrected chi connectivity index (χ0v) is 12.3. The Morgan fingerprint density at radius 1 is 1.10 bits per heavy atom. The number of halogens is 1. The standard InChI is InChI=1S/C15H8BrN5/c16-11-4-5-12(10(6-11)8-18)21-13-3-1-2-9(7-17)14(13)20-15(21)19/h1-6H,(H2,19,20). The molecule has 0 atom stereocenters. The number of hydrogen-bond donors (Lipinski definition) is 1. The first kappa shape index (κ1) is 13.2. The van der Waals surface area contributed by atoms with E-state index < -0.39 is 0 Å². The minimum atomic E-state index is 0.242. The summed E-state index contributed by atoms with van der Waals surface area (Å²) in [6, 6.07) is 14.9. The van der Waals surface area contributed by atoms with Gasteiger partial charge in [0.1, 0.15) is 17.7 Å². The fourth-order valence-corrected chi connectivity index (χ4v) is 2.61. The van der Waals surface area contributed by atoms with Crippen LogP contribution >= 0.6 is 15.9 Å². The molecule has 2 N–H and O–H groups in total. The lowest BCUT2D eigenvalue weighted by molar-refractivity contribution is 1.10. The van der Waals surface area contributed by atoms with Gasteiger partial charge in [0.15, 0.2) is 0 Å². The smallest absolute Gasteiger partial charge is 0.206 e. The summed E-state index contributed by atoms with van der Waals surface area (Å²) in [4.78, 5) is 4.26. The van der Waals surface area contributed by atoms with E-state index in [1.165, 1.54) is 0 Å². The van der Waals surface area contributed by atoms with Crippen molar-refractivity contribution in [3.8, 4) is 17.8 Å². The van der Waals surface area contributed by atoms with Gasteiger partial charge in [0.05, 0.1) is 22.3 Å². The molecule has 0 aliphatic heterocycles. The summed E-state index contributed by atoms with van der Waals surface area (Å²) in [5, 5.41) is 18.5. The number of nitrogens with two attached hydrogens (primary N) is 1. The van der Waals surface area contributed by atoms with E-state index in [-0.39, 0.29) is 5.95 Å². The molecule has 5 nitrogen and oxygen atoms in total. The average molecular weight is 338 g/mol. The molecule has 0 fully saturated rings. The third kappa shape index (κ3) is 2.03. The van der Waals surface area contributed by atoms with Gasteiger partial charge in [-0.05, 0) is 30.3 Å². The molecular formula is C15H8BrN5. The van der Waals surface area contributed by atoms with Gasteiger partial charge in [-0.2, -0.15) is 10.5 Å². The molecule has 2 aromatic carbocycles. The largest absolute Gasteiger partial charge is 0.369 e. The normalized spacial score (nSPS) is 10.2. The molecule has 0 aliphatic carbocycles. The van der Waals surface area contributed by atoms with Crippen LogP contribution in [0.25, 0.3) is 16.7 Å². The quantitative estimate of drug-likeness (QED) is 0.738. The second-order valence-corrected chi connectivity index (χ2v) is 5.28. The molecule has 0 saturated carbocycles. The first-order valence-electron chi connectivity index (χ1n) is 6.02. The second kappa shape index (κ2) is 4.93. The number of fused-ring (bicyclic) bond motifs is 1. The summed E-state index contributed by atoms with van der Waals surface area (Å²) in [7, 11) is 0. The van der Waals surface area contributed by atoms with Crippen LogP contribution in [0, 0.1) is 22.7 Å². The number of nitriles is 2. The van der Waals surface area contributed by atoms with Crippen molar-refractivity contribution < 1.29 is 0 Å². The maximum Gasteiger partial charge on any atom is 0.206 e. The molecule has 1 aromatic heterocycles. The summed E-state index contributed by atoms with van der Waals surface area (Å²) < 4.78 is 2.49. The Morgan fingerprint density at radius 2 is 1.86 bits per heavy atom. The van der Waals surface area contributed by atoms with Gasteiger partial charge in [0, 0.05) is 4.47 Å². The van der Waals surface area contributed by atoms with Crippen molar-refractivity contribution in [2.75, 3.05) is 5.73 Å². The van der Waals surface area contributed by atoms with E-state index in [9.17, 15) is 5.26 Å². The van der Waals surface area contributed by atoms with Crippen LogP contribution in [0.5, 0.6) is 0 Å². The lowest BCUT2D eigenvalue weighted by Crippen LogP contribution is -2.02. The molecule has 3 aromatic rings. The Kier molecular flexibility index (Phi) is 3.09. The topological polar surface area (TPSA) is 91.4 Å². The fraction of sp³-hybridized carbons (Fsp3) is 0. The lowest BCUT2D eigenvalue weighted by Gasteiger charge is -2.09. The molecule has 21 heavy (non-hydrogen) atoms. The SMILES string of the molecule is N#Cc1cc(Br)ccc1-n1c(N)nc2c(C#N)cccc21. The van der Waals surface area contributed by atoms with Crippen LogP contribution in [0.2, 0.25) is 0 Å². The van der Waals surface area contributed by atoms with Crippen molar-refractivity contribution in [2.45, 2.75) is 0 Å². The van der Waals surface area contributed by atoms with Crippen LogP contribution in [-0.2, 0) is 0 Å². The number of imidazole rings is 1. The number of hydrogen-bond acceptors (Lipinski definition) is 4. The number of aromatic nitrogens is 2. The molecule has 0 bridgehead atoms. The van der Waals surface area contributed by atoms with E-state index >= 15 is 0 Å². The number of anilines is 1. The van der Waals surface area contributed by atoms with Gasteiger partial charge < -0.3 is 5.73 Å². The van der Waals surface area contributed by atoms with Gasteiger partial charge in [-0.1, -0.05) is 22.0 Å². The Morgan fingerprint density at radius 3 is 2.57 bits per heavy atom. The van der Waals surface area contributed by atoms with E-state index in [1.54, 1.807) is 28.8 Å². The number of rotatable bonds is 1. The lowest BCUT2D eigenvalue weighted by atomic mass is 10.1. The zero-order chi connectivity index (χ0) is 15.0. The maximum atomic E-state index is 9.31. The average Bonchev–Trinajstić information content (AvgIpc) is 2.83. The predicted octanol–water partition coefficient (Wildman–Crippen LogP) is 3.11. The molecule has 3 rings (SSSR count). The third-order valence-corrected chi connectivity index (χ3v) is 3.64. The number of nitrogens with zero attached hydrogens (tertiary/aromatic N) is 4. The van der Waals surface area contributed by atoms with E-state index in [2.05, 4.69) is 33.1 Å². The number of nitrogen functional groups attached to an aromatic ring is 1. The van der Waals surface area contributed by atoms with Crippen molar-refractivity contribution >= 4 is 32.9 Å². The molecular weight excluding hydrogens is 330 g/mol. The van der Waals surface area contributed by atoms with Gasteiger partial charge in [-0.15, -0.1) is 0 Å². The molecule has 0 amide bonds. The van der Waals surface area contributed by atoms with Crippen LogP contribution < -0.4 is 5.73 Å². The Hall–Kier alpha value is -2.83. The molecule has 6 heteroatoms. The van der Waals surface area contributed by atoms with Crippen LogP contribution in [-0.4, -0.2) is 9.55 Å². The summed E-state index contributed by atoms with van der Waals surface area (Å²) in [5.41, 5.74) is 8.78. The van der Waals surface area contributed by atoms with E-state index in [0.29, 0.717) is 27.8 Å². The van der Waals surface area contributed by atoms with E-state index in [0.717, 1.165) is 4.47 Å². The number of benzene rings is 2. The Labute approximate surface area is 129 Å². The van der Waals surface area contributed by atoms with Crippen molar-refractivity contribution in [1.29, 1.82) is 10.5 Å². The summed E-state index contributed by atoms with van der Waals surface area (Å²) in [6.45, 7) is 0. The van der Waals surface area contributed by atoms with Gasteiger partial charge in [-0.25, -0.2) is 4.98 Å².